The van der Waals surface area contributed by atoms with Gasteiger partial charge in [0.05, 0.1) is 10.6 Å². The lowest BCUT2D eigenvalue weighted by Gasteiger charge is -2.09. The van der Waals surface area contributed by atoms with Crippen LogP contribution in [0.15, 0.2) is 54.0 Å². The Bertz CT molecular complexity index is 857. The average Bonchev–Trinajstić information content (AvgIpc) is 3.01. The number of nitrogens with two attached hydrogens (primary N) is 1. The van der Waals surface area contributed by atoms with E-state index in [0.717, 1.165) is 27.3 Å². The first-order chi connectivity index (χ1) is 11.6. The Morgan fingerprint density at radius 1 is 1.21 bits per heavy atom. The highest BCUT2D eigenvalue weighted by Gasteiger charge is 2.09. The van der Waals surface area contributed by atoms with E-state index in [2.05, 4.69) is 16.4 Å². The molecule has 0 saturated heterocycles. The van der Waals surface area contributed by atoms with Crippen LogP contribution in [-0.2, 0) is 13.0 Å². The predicted octanol–water partition coefficient (Wildman–Crippen LogP) is 4.07. The molecule has 0 aliphatic carbocycles. The van der Waals surface area contributed by atoms with Gasteiger partial charge in [-0.25, -0.2) is 4.98 Å². The van der Waals surface area contributed by atoms with Crippen LogP contribution in [-0.4, -0.2) is 10.8 Å². The van der Waals surface area contributed by atoms with Crippen molar-refractivity contribution < 1.29 is 4.79 Å². The number of nitrogen functional groups attached to an aromatic ring is 1. The van der Waals surface area contributed by atoms with Gasteiger partial charge in [0, 0.05) is 19.2 Å². The number of Topliss-reactive ketones (excluding diaryl/α,β-unsaturated/α-hetero) is 1. The Balaban J connectivity index is 1.66. The number of benzene rings is 1. The van der Waals surface area contributed by atoms with Crippen LogP contribution in [0.4, 0.5) is 11.5 Å². The molecule has 122 valence electrons. The summed E-state index contributed by atoms with van der Waals surface area (Å²) >= 11 is 1.51. The highest BCUT2D eigenvalue weighted by atomic mass is 32.1. The maximum Gasteiger partial charge on any atom is 0.177 e. The number of nitrogens with one attached hydrogen (secondary N) is 1. The number of aryl methyl sites for hydroxylation is 1. The second kappa shape index (κ2) is 7.27. The van der Waals surface area contributed by atoms with E-state index < -0.39 is 0 Å². The minimum Gasteiger partial charge on any atom is -0.382 e. The lowest BCUT2D eigenvalue weighted by molar-refractivity contribution is 0.0997. The maximum atomic E-state index is 12.3. The fourth-order valence-corrected chi connectivity index (χ4v) is 3.30. The van der Waals surface area contributed by atoms with Crippen molar-refractivity contribution >= 4 is 28.6 Å². The fourth-order valence-electron chi connectivity index (χ4n) is 2.46. The monoisotopic (exact) mass is 337 g/mol. The molecule has 0 radical (unpaired) electrons. The van der Waals surface area contributed by atoms with E-state index >= 15 is 0 Å². The van der Waals surface area contributed by atoms with E-state index in [4.69, 9.17) is 5.73 Å². The molecule has 1 aromatic carbocycles. The topological polar surface area (TPSA) is 68.0 Å². The Hall–Kier alpha value is -2.66. The zero-order valence-electron chi connectivity index (χ0n) is 13.5. The van der Waals surface area contributed by atoms with Crippen LogP contribution in [0.1, 0.15) is 26.4 Å². The van der Waals surface area contributed by atoms with Gasteiger partial charge in [-0.2, -0.15) is 0 Å². The van der Waals surface area contributed by atoms with Gasteiger partial charge in [-0.15, -0.1) is 11.3 Å². The molecule has 4 nitrogen and oxygen atoms in total. The standard InChI is InChI=1S/C19H19N3OS/c1-13-8-18(24-12-13)17(23)10-14-4-2-5-15(9-14)11-22-16-6-3-7-21-19(16)20/h2-9,12,22H,10-11H2,1H3,(H2,20,21). The fraction of sp³-hybridized carbons (Fsp3) is 0.158. The van der Waals surface area contributed by atoms with Gasteiger partial charge in [0.15, 0.2) is 5.78 Å². The molecule has 3 N–H and O–H groups in total. The summed E-state index contributed by atoms with van der Waals surface area (Å²) in [6.07, 6.45) is 2.09. The minimum atomic E-state index is 0.162. The predicted molar refractivity (Wildman–Crippen MR) is 99.5 cm³/mol. The summed E-state index contributed by atoms with van der Waals surface area (Å²) in [5.41, 5.74) is 9.90. The summed E-state index contributed by atoms with van der Waals surface area (Å²) in [5.74, 6) is 0.645. The molecule has 0 aliphatic heterocycles. The normalized spacial score (nSPS) is 10.5. The molecule has 0 atom stereocenters. The zero-order valence-corrected chi connectivity index (χ0v) is 14.3. The van der Waals surface area contributed by atoms with Crippen molar-refractivity contribution in [3.05, 3.63) is 75.6 Å². The van der Waals surface area contributed by atoms with Gasteiger partial charge in [0.1, 0.15) is 5.82 Å². The molecule has 5 heteroatoms. The van der Waals surface area contributed by atoms with Crippen LogP contribution in [0.5, 0.6) is 0 Å². The number of carbonyl (C=O) groups is 1. The molecule has 0 unspecified atom stereocenters. The Labute approximate surface area is 145 Å². The third-order valence-electron chi connectivity index (χ3n) is 3.68. The minimum absolute atomic E-state index is 0.162. The van der Waals surface area contributed by atoms with Gasteiger partial charge in [0.25, 0.3) is 0 Å². The summed E-state index contributed by atoms with van der Waals surface area (Å²) in [7, 11) is 0. The molecular weight excluding hydrogens is 318 g/mol. The number of thiophene rings is 1. The van der Waals surface area contributed by atoms with Gasteiger partial charge in [-0.05, 0) is 47.2 Å². The van der Waals surface area contributed by atoms with E-state index in [1.807, 2.05) is 48.7 Å². The van der Waals surface area contributed by atoms with Crippen molar-refractivity contribution in [1.29, 1.82) is 0 Å². The zero-order chi connectivity index (χ0) is 16.9. The first-order valence-electron chi connectivity index (χ1n) is 7.72. The summed E-state index contributed by atoms with van der Waals surface area (Å²) in [4.78, 5) is 17.2. The van der Waals surface area contributed by atoms with Gasteiger partial charge in [0.2, 0.25) is 0 Å². The molecule has 2 aromatic heterocycles. The van der Waals surface area contributed by atoms with Crippen LogP contribution in [0.3, 0.4) is 0 Å². The quantitative estimate of drug-likeness (QED) is 0.665. The highest BCUT2D eigenvalue weighted by molar-refractivity contribution is 7.12. The molecular formula is C19H19N3OS. The number of carbonyl (C=O) groups excluding carboxylic acids is 1. The van der Waals surface area contributed by atoms with E-state index in [1.54, 1.807) is 6.20 Å². The van der Waals surface area contributed by atoms with E-state index in [0.29, 0.717) is 18.8 Å². The summed E-state index contributed by atoms with van der Waals surface area (Å²) in [6, 6.07) is 13.7. The van der Waals surface area contributed by atoms with Crippen LogP contribution in [0.25, 0.3) is 0 Å². The summed E-state index contributed by atoms with van der Waals surface area (Å²) in [5, 5.41) is 5.28. The molecule has 3 aromatic rings. The molecule has 2 heterocycles. The molecule has 0 amide bonds. The van der Waals surface area contributed by atoms with Crippen LogP contribution >= 0.6 is 11.3 Å². The van der Waals surface area contributed by atoms with Gasteiger partial charge in [-0.1, -0.05) is 24.3 Å². The Morgan fingerprint density at radius 2 is 2.04 bits per heavy atom. The van der Waals surface area contributed by atoms with Crippen molar-refractivity contribution in [1.82, 2.24) is 4.98 Å². The molecule has 0 fully saturated rings. The smallest absolute Gasteiger partial charge is 0.177 e. The van der Waals surface area contributed by atoms with Crippen molar-refractivity contribution in [3.8, 4) is 0 Å². The number of rotatable bonds is 6. The number of anilines is 2. The van der Waals surface area contributed by atoms with Gasteiger partial charge in [-0.3, -0.25) is 4.79 Å². The Kier molecular flexibility index (Phi) is 4.91. The summed E-state index contributed by atoms with van der Waals surface area (Å²) in [6.45, 7) is 2.64. The average molecular weight is 337 g/mol. The largest absolute Gasteiger partial charge is 0.382 e. The van der Waals surface area contributed by atoms with Crippen LogP contribution in [0, 0.1) is 6.92 Å². The van der Waals surface area contributed by atoms with Gasteiger partial charge < -0.3 is 11.1 Å². The highest BCUT2D eigenvalue weighted by Crippen LogP contribution is 2.18. The molecule has 0 bridgehead atoms. The summed E-state index contributed by atoms with van der Waals surface area (Å²) < 4.78 is 0. The first-order valence-corrected chi connectivity index (χ1v) is 8.60. The third-order valence-corrected chi connectivity index (χ3v) is 4.77. The number of hydrogen-bond donors (Lipinski definition) is 2. The number of aromatic nitrogens is 1. The molecule has 24 heavy (non-hydrogen) atoms. The lowest BCUT2D eigenvalue weighted by Crippen LogP contribution is -2.05. The first kappa shape index (κ1) is 16.2. The third kappa shape index (κ3) is 4.00. The second-order valence-corrected chi connectivity index (χ2v) is 6.61. The number of hydrogen-bond acceptors (Lipinski definition) is 5. The van der Waals surface area contributed by atoms with Gasteiger partial charge >= 0.3 is 0 Å². The number of pyridine rings is 1. The number of nitrogens with zero attached hydrogens (tertiary/aromatic N) is 1. The SMILES string of the molecule is Cc1csc(C(=O)Cc2cccc(CNc3cccnc3N)c2)c1. The van der Waals surface area contributed by atoms with E-state index in [9.17, 15) is 4.79 Å². The van der Waals surface area contributed by atoms with Crippen molar-refractivity contribution in [3.63, 3.8) is 0 Å². The number of ketones is 1. The maximum absolute atomic E-state index is 12.3. The lowest BCUT2D eigenvalue weighted by atomic mass is 10.0. The van der Waals surface area contributed by atoms with Crippen LogP contribution < -0.4 is 11.1 Å². The van der Waals surface area contributed by atoms with Crippen molar-refractivity contribution in [2.75, 3.05) is 11.1 Å². The Morgan fingerprint density at radius 3 is 2.79 bits per heavy atom. The van der Waals surface area contributed by atoms with Crippen molar-refractivity contribution in [2.24, 2.45) is 0 Å². The molecule has 0 aliphatic rings. The van der Waals surface area contributed by atoms with E-state index in [-0.39, 0.29) is 5.78 Å². The second-order valence-electron chi connectivity index (χ2n) is 5.70. The van der Waals surface area contributed by atoms with E-state index in [1.165, 1.54) is 11.3 Å². The molecule has 0 spiro atoms. The molecule has 0 saturated carbocycles. The van der Waals surface area contributed by atoms with Crippen molar-refractivity contribution in [2.45, 2.75) is 19.9 Å². The molecule has 3 rings (SSSR count). The van der Waals surface area contributed by atoms with Crippen LogP contribution in [0.2, 0.25) is 0 Å².